The average Bonchev–Trinajstić information content (AvgIpc) is 2.94. The highest BCUT2D eigenvalue weighted by molar-refractivity contribution is 6.09. The number of hydrogen-bond donors (Lipinski definition) is 5. The molecule has 41 heavy (non-hydrogen) atoms. The van der Waals surface area contributed by atoms with Crippen LogP contribution in [0.15, 0.2) is 91.0 Å². The van der Waals surface area contributed by atoms with Crippen LogP contribution in [0.1, 0.15) is 5.56 Å². The van der Waals surface area contributed by atoms with Crippen molar-refractivity contribution in [3.05, 3.63) is 107 Å². The standard InChI is InChI=1S/C29H24N6O5.ClH/c30-24(28(36)37)15-17-5-7-19(8-6-17)32-29(38)33-20-11-9-18(10-12-20)31-27-22-3-1-2-4-25(22)34-26-16-21(35(39)40)13-14-23(26)27;/h1-14,16,24H,15,30H2,(H,31,34)(H,36,37)(H2,32,33,38);1H. The summed E-state index contributed by atoms with van der Waals surface area (Å²) in [6.45, 7) is 0. The summed E-state index contributed by atoms with van der Waals surface area (Å²) < 4.78 is 0. The van der Waals surface area contributed by atoms with Crippen molar-refractivity contribution in [2.75, 3.05) is 16.0 Å². The van der Waals surface area contributed by atoms with E-state index in [4.69, 9.17) is 10.8 Å². The van der Waals surface area contributed by atoms with Crippen molar-refractivity contribution >= 4 is 74.7 Å². The maximum absolute atomic E-state index is 12.5. The van der Waals surface area contributed by atoms with Crippen LogP contribution in [0, 0.1) is 10.1 Å². The van der Waals surface area contributed by atoms with Crippen molar-refractivity contribution < 1.29 is 19.6 Å². The highest BCUT2D eigenvalue weighted by atomic mass is 35.5. The van der Waals surface area contributed by atoms with Crippen molar-refractivity contribution in [1.82, 2.24) is 4.98 Å². The lowest BCUT2D eigenvalue weighted by atomic mass is 10.1. The minimum absolute atomic E-state index is 0. The van der Waals surface area contributed by atoms with Gasteiger partial charge in [-0.25, -0.2) is 9.78 Å². The van der Waals surface area contributed by atoms with Crippen LogP contribution in [-0.4, -0.2) is 33.1 Å². The maximum Gasteiger partial charge on any atom is 0.323 e. The van der Waals surface area contributed by atoms with Crippen LogP contribution in [0.5, 0.6) is 0 Å². The average molecular weight is 573 g/mol. The molecule has 0 fully saturated rings. The van der Waals surface area contributed by atoms with E-state index in [2.05, 4.69) is 20.9 Å². The summed E-state index contributed by atoms with van der Waals surface area (Å²) >= 11 is 0. The number of pyridine rings is 1. The van der Waals surface area contributed by atoms with Gasteiger partial charge in [0, 0.05) is 40.0 Å². The zero-order valence-corrected chi connectivity index (χ0v) is 22.2. The Labute approximate surface area is 240 Å². The second-order valence-electron chi connectivity index (χ2n) is 9.09. The molecule has 5 aromatic rings. The number of urea groups is 1. The van der Waals surface area contributed by atoms with Crippen molar-refractivity contribution in [1.29, 1.82) is 0 Å². The predicted octanol–water partition coefficient (Wildman–Crippen LogP) is 6.06. The van der Waals surface area contributed by atoms with E-state index < -0.39 is 23.0 Å². The molecule has 11 nitrogen and oxygen atoms in total. The Hall–Kier alpha value is -5.26. The highest BCUT2D eigenvalue weighted by Crippen LogP contribution is 2.34. The Morgan fingerprint density at radius 3 is 2.07 bits per heavy atom. The van der Waals surface area contributed by atoms with Gasteiger partial charge in [0.05, 0.1) is 21.6 Å². The summed E-state index contributed by atoms with van der Waals surface area (Å²) in [5.74, 6) is -1.07. The number of aliphatic carboxylic acids is 1. The van der Waals surface area contributed by atoms with E-state index in [1.807, 2.05) is 36.4 Å². The molecule has 1 unspecified atom stereocenters. The number of rotatable bonds is 8. The van der Waals surface area contributed by atoms with Crippen LogP contribution in [0.3, 0.4) is 0 Å². The quantitative estimate of drug-likeness (QED) is 0.0847. The molecule has 0 saturated heterocycles. The summed E-state index contributed by atoms with van der Waals surface area (Å²) in [6.07, 6.45) is 0.188. The fourth-order valence-corrected chi connectivity index (χ4v) is 4.27. The summed E-state index contributed by atoms with van der Waals surface area (Å²) in [5, 5.41) is 30.7. The number of carboxylic acid groups (broad SMARTS) is 1. The van der Waals surface area contributed by atoms with E-state index in [9.17, 15) is 19.7 Å². The topological polar surface area (TPSA) is 173 Å². The molecule has 0 aliphatic carbocycles. The number of carbonyl (C=O) groups is 2. The number of nitrogens with one attached hydrogen (secondary N) is 3. The van der Waals surface area contributed by atoms with Gasteiger partial charge in [0.1, 0.15) is 6.04 Å². The first-order valence-corrected chi connectivity index (χ1v) is 12.3. The number of hydrogen-bond acceptors (Lipinski definition) is 7. The molecule has 1 aromatic heterocycles. The summed E-state index contributed by atoms with van der Waals surface area (Å²) in [5.41, 5.74) is 10.1. The van der Waals surface area contributed by atoms with Crippen molar-refractivity contribution in [2.24, 2.45) is 5.73 Å². The number of halogens is 1. The number of para-hydroxylation sites is 1. The van der Waals surface area contributed by atoms with Gasteiger partial charge in [-0.15, -0.1) is 12.4 Å². The van der Waals surface area contributed by atoms with Gasteiger partial charge in [0.15, 0.2) is 0 Å². The molecule has 1 atom stereocenters. The van der Waals surface area contributed by atoms with E-state index in [0.29, 0.717) is 22.4 Å². The normalized spacial score (nSPS) is 11.3. The van der Waals surface area contributed by atoms with E-state index in [-0.39, 0.29) is 24.5 Å². The Bertz CT molecular complexity index is 1750. The second kappa shape index (κ2) is 12.3. The van der Waals surface area contributed by atoms with Gasteiger partial charge in [0.25, 0.3) is 5.69 Å². The van der Waals surface area contributed by atoms with Gasteiger partial charge < -0.3 is 26.8 Å². The van der Waals surface area contributed by atoms with Crippen molar-refractivity contribution in [3.63, 3.8) is 0 Å². The summed E-state index contributed by atoms with van der Waals surface area (Å²) in [6, 6.07) is 24.6. The van der Waals surface area contributed by atoms with Crippen LogP contribution in [0.2, 0.25) is 0 Å². The van der Waals surface area contributed by atoms with Gasteiger partial charge in [0.2, 0.25) is 0 Å². The van der Waals surface area contributed by atoms with E-state index in [0.717, 1.165) is 27.7 Å². The summed E-state index contributed by atoms with van der Waals surface area (Å²) in [7, 11) is 0. The first-order valence-electron chi connectivity index (χ1n) is 12.3. The Balaban J connectivity index is 0.00000387. The second-order valence-corrected chi connectivity index (χ2v) is 9.09. The molecule has 0 aliphatic heterocycles. The largest absolute Gasteiger partial charge is 0.480 e. The van der Waals surface area contributed by atoms with E-state index in [1.165, 1.54) is 12.1 Å². The van der Waals surface area contributed by atoms with Crippen molar-refractivity contribution in [2.45, 2.75) is 12.5 Å². The number of nitro groups is 1. The third-order valence-electron chi connectivity index (χ3n) is 6.27. The third-order valence-corrected chi connectivity index (χ3v) is 6.27. The van der Waals surface area contributed by atoms with Gasteiger partial charge in [-0.05, 0) is 60.5 Å². The fraction of sp³-hybridized carbons (Fsp3) is 0.0690. The van der Waals surface area contributed by atoms with E-state index >= 15 is 0 Å². The Morgan fingerprint density at radius 2 is 1.44 bits per heavy atom. The molecule has 12 heteroatoms. The van der Waals surface area contributed by atoms with Gasteiger partial charge in [-0.1, -0.05) is 30.3 Å². The number of non-ortho nitro benzene ring substituents is 1. The number of anilines is 4. The molecule has 208 valence electrons. The lowest BCUT2D eigenvalue weighted by Crippen LogP contribution is -2.32. The molecule has 0 radical (unpaired) electrons. The Morgan fingerprint density at radius 1 is 0.854 bits per heavy atom. The first kappa shape index (κ1) is 28.7. The molecule has 0 saturated carbocycles. The predicted molar refractivity (Wildman–Crippen MR) is 161 cm³/mol. The number of nitrogens with zero attached hydrogens (tertiary/aromatic N) is 2. The van der Waals surface area contributed by atoms with Crippen LogP contribution in [-0.2, 0) is 11.2 Å². The number of benzene rings is 4. The van der Waals surface area contributed by atoms with E-state index in [1.54, 1.807) is 42.5 Å². The van der Waals surface area contributed by atoms with Crippen LogP contribution in [0.4, 0.5) is 33.2 Å². The number of aromatic nitrogens is 1. The van der Waals surface area contributed by atoms with Crippen LogP contribution in [0.25, 0.3) is 21.8 Å². The fourth-order valence-electron chi connectivity index (χ4n) is 4.27. The Kier molecular flexibility index (Phi) is 8.61. The lowest BCUT2D eigenvalue weighted by Gasteiger charge is -2.14. The van der Waals surface area contributed by atoms with Gasteiger partial charge >= 0.3 is 12.0 Å². The number of carboxylic acids is 1. The molecule has 5 rings (SSSR count). The first-order chi connectivity index (χ1) is 19.3. The smallest absolute Gasteiger partial charge is 0.323 e. The monoisotopic (exact) mass is 572 g/mol. The minimum Gasteiger partial charge on any atom is -0.480 e. The molecule has 0 bridgehead atoms. The number of fused-ring (bicyclic) bond motifs is 2. The van der Waals surface area contributed by atoms with Crippen molar-refractivity contribution in [3.8, 4) is 0 Å². The SMILES string of the molecule is Cl.NC(Cc1ccc(NC(=O)Nc2ccc(Nc3c4ccccc4nc4cc([N+](=O)[O-])ccc34)cc2)cc1)C(=O)O. The lowest BCUT2D eigenvalue weighted by molar-refractivity contribution is -0.384. The van der Waals surface area contributed by atoms with Crippen LogP contribution < -0.4 is 21.7 Å². The maximum atomic E-state index is 12.5. The van der Waals surface area contributed by atoms with Gasteiger partial charge in [-0.2, -0.15) is 0 Å². The molecule has 6 N–H and O–H groups in total. The zero-order chi connectivity index (χ0) is 28.2. The van der Waals surface area contributed by atoms with Crippen LogP contribution >= 0.6 is 12.4 Å². The molecule has 0 aliphatic rings. The highest BCUT2D eigenvalue weighted by Gasteiger charge is 2.14. The zero-order valence-electron chi connectivity index (χ0n) is 21.4. The molecular formula is C29H25ClN6O5. The molecular weight excluding hydrogens is 548 g/mol. The molecule has 1 heterocycles. The number of carbonyl (C=O) groups excluding carboxylic acids is 1. The number of nitro benzene ring substituents is 1. The molecule has 4 aromatic carbocycles. The minimum atomic E-state index is -1.07. The number of nitrogens with two attached hydrogens (primary N) is 1. The molecule has 0 spiro atoms. The van der Waals surface area contributed by atoms with Gasteiger partial charge in [-0.3, -0.25) is 14.9 Å². The third kappa shape index (κ3) is 6.67. The molecule has 2 amide bonds. The summed E-state index contributed by atoms with van der Waals surface area (Å²) in [4.78, 5) is 38.8. The number of amides is 2.